The van der Waals surface area contributed by atoms with Crippen LogP contribution >= 0.6 is 0 Å². The number of ether oxygens (including phenoxy) is 1. The molecule has 4 heteroatoms. The number of nitrogens with zero attached hydrogens (tertiary/aromatic N) is 2. The fourth-order valence-electron chi connectivity index (χ4n) is 3.25. The molecular weight excluding hydrogens is 324 g/mol. The summed E-state index contributed by atoms with van der Waals surface area (Å²) >= 11 is 0. The predicted octanol–water partition coefficient (Wildman–Crippen LogP) is 4.69. The van der Waals surface area contributed by atoms with Gasteiger partial charge in [-0.15, -0.1) is 0 Å². The molecule has 0 aliphatic rings. The van der Waals surface area contributed by atoms with Crippen LogP contribution in [0.15, 0.2) is 53.5 Å². The standard InChI is InChI=1S/C22H24N2O2/c1-5-24-16(4)20(22(25)26-6-2)21(18-9-7-8-10-19(18)24)23-17-13-11-15(3)12-14-17/h7-14H,5-6H2,1-4H3. The number of esters is 1. The largest absolute Gasteiger partial charge is 0.462 e. The third kappa shape index (κ3) is 3.27. The average Bonchev–Trinajstić information content (AvgIpc) is 2.64. The van der Waals surface area contributed by atoms with Crippen molar-refractivity contribution in [3.05, 3.63) is 70.7 Å². The van der Waals surface area contributed by atoms with Gasteiger partial charge in [0.1, 0.15) is 5.56 Å². The van der Waals surface area contributed by atoms with Crippen molar-refractivity contribution in [1.29, 1.82) is 0 Å². The van der Waals surface area contributed by atoms with Crippen LogP contribution in [0.3, 0.4) is 0 Å². The molecule has 0 amide bonds. The third-order valence-electron chi connectivity index (χ3n) is 4.52. The van der Waals surface area contributed by atoms with E-state index in [1.54, 1.807) is 0 Å². The van der Waals surface area contributed by atoms with Gasteiger partial charge in [0.25, 0.3) is 0 Å². The Kier molecular flexibility index (Phi) is 5.21. The average molecular weight is 348 g/mol. The Labute approximate surface area is 153 Å². The number of hydrogen-bond acceptors (Lipinski definition) is 3. The molecule has 0 fully saturated rings. The summed E-state index contributed by atoms with van der Waals surface area (Å²) < 4.78 is 7.48. The molecule has 0 atom stereocenters. The first kappa shape index (κ1) is 17.9. The molecule has 0 N–H and O–H groups in total. The molecule has 0 saturated carbocycles. The number of aryl methyl sites for hydroxylation is 2. The van der Waals surface area contributed by atoms with Gasteiger partial charge >= 0.3 is 5.97 Å². The van der Waals surface area contributed by atoms with E-state index in [4.69, 9.17) is 9.73 Å². The second-order valence-corrected chi connectivity index (χ2v) is 6.24. The zero-order chi connectivity index (χ0) is 18.7. The Morgan fingerprint density at radius 3 is 2.38 bits per heavy atom. The van der Waals surface area contributed by atoms with E-state index in [9.17, 15) is 4.79 Å². The molecule has 3 rings (SSSR count). The molecule has 26 heavy (non-hydrogen) atoms. The van der Waals surface area contributed by atoms with Gasteiger partial charge in [-0.1, -0.05) is 35.9 Å². The molecule has 0 saturated heterocycles. The van der Waals surface area contributed by atoms with Gasteiger partial charge in [0.2, 0.25) is 0 Å². The van der Waals surface area contributed by atoms with Crippen LogP contribution in [0.2, 0.25) is 0 Å². The summed E-state index contributed by atoms with van der Waals surface area (Å²) in [7, 11) is 0. The lowest BCUT2D eigenvalue weighted by Crippen LogP contribution is -2.25. The highest BCUT2D eigenvalue weighted by atomic mass is 16.5. The van der Waals surface area contributed by atoms with Crippen molar-refractivity contribution in [3.8, 4) is 0 Å². The number of rotatable bonds is 4. The predicted molar refractivity (Wildman–Crippen MR) is 105 cm³/mol. The molecule has 1 heterocycles. The summed E-state index contributed by atoms with van der Waals surface area (Å²) in [6.07, 6.45) is 0. The van der Waals surface area contributed by atoms with Gasteiger partial charge in [-0.05, 0) is 45.9 Å². The Balaban J connectivity index is 2.43. The maximum absolute atomic E-state index is 12.7. The van der Waals surface area contributed by atoms with Crippen molar-refractivity contribution in [2.75, 3.05) is 6.61 Å². The van der Waals surface area contributed by atoms with Crippen LogP contribution < -0.4 is 5.36 Å². The summed E-state index contributed by atoms with van der Waals surface area (Å²) in [6, 6.07) is 16.0. The number of aromatic nitrogens is 1. The number of carbonyl (C=O) groups excluding carboxylic acids is 1. The van der Waals surface area contributed by atoms with E-state index in [0.29, 0.717) is 17.5 Å². The van der Waals surface area contributed by atoms with Crippen LogP contribution in [0, 0.1) is 13.8 Å². The fourth-order valence-corrected chi connectivity index (χ4v) is 3.25. The molecule has 0 aliphatic heterocycles. The van der Waals surface area contributed by atoms with Gasteiger partial charge in [-0.3, -0.25) is 0 Å². The van der Waals surface area contributed by atoms with Crippen molar-refractivity contribution in [1.82, 2.24) is 4.57 Å². The summed E-state index contributed by atoms with van der Waals surface area (Å²) in [6.45, 7) is 8.99. The summed E-state index contributed by atoms with van der Waals surface area (Å²) in [4.78, 5) is 17.6. The highest BCUT2D eigenvalue weighted by Crippen LogP contribution is 2.19. The van der Waals surface area contributed by atoms with Crippen molar-refractivity contribution in [3.63, 3.8) is 0 Å². The highest BCUT2D eigenvalue weighted by Gasteiger charge is 2.19. The van der Waals surface area contributed by atoms with Crippen molar-refractivity contribution >= 4 is 22.6 Å². The van der Waals surface area contributed by atoms with Crippen LogP contribution in [-0.4, -0.2) is 17.1 Å². The second-order valence-electron chi connectivity index (χ2n) is 6.24. The highest BCUT2D eigenvalue weighted by molar-refractivity contribution is 5.95. The van der Waals surface area contributed by atoms with E-state index in [0.717, 1.165) is 28.8 Å². The summed E-state index contributed by atoms with van der Waals surface area (Å²) in [5.74, 6) is -0.330. The Bertz CT molecular complexity index is 1010. The van der Waals surface area contributed by atoms with E-state index in [1.807, 2.05) is 63.2 Å². The van der Waals surface area contributed by atoms with Crippen LogP contribution in [0.25, 0.3) is 10.9 Å². The van der Waals surface area contributed by atoms with Crippen LogP contribution in [0.4, 0.5) is 5.69 Å². The molecule has 3 aromatic rings. The minimum Gasteiger partial charge on any atom is -0.462 e. The number of pyridine rings is 1. The third-order valence-corrected chi connectivity index (χ3v) is 4.52. The second kappa shape index (κ2) is 7.56. The summed E-state index contributed by atoms with van der Waals surface area (Å²) in [5.41, 5.74) is 4.46. The molecule has 0 radical (unpaired) electrons. The van der Waals surface area contributed by atoms with Crippen molar-refractivity contribution < 1.29 is 9.53 Å². The summed E-state index contributed by atoms with van der Waals surface area (Å²) in [5, 5.41) is 1.62. The lowest BCUT2D eigenvalue weighted by molar-refractivity contribution is 0.0523. The molecule has 0 aliphatic carbocycles. The number of hydrogen-bond donors (Lipinski definition) is 0. The zero-order valence-electron chi connectivity index (χ0n) is 15.7. The Morgan fingerprint density at radius 1 is 1.04 bits per heavy atom. The van der Waals surface area contributed by atoms with Gasteiger partial charge in [0.05, 0.1) is 23.2 Å². The normalized spacial score (nSPS) is 11.8. The van der Waals surface area contributed by atoms with Gasteiger partial charge in [-0.2, -0.15) is 0 Å². The van der Waals surface area contributed by atoms with Crippen molar-refractivity contribution in [2.24, 2.45) is 4.99 Å². The van der Waals surface area contributed by atoms with E-state index in [-0.39, 0.29) is 5.97 Å². The molecule has 4 nitrogen and oxygen atoms in total. The Morgan fingerprint density at radius 2 is 1.73 bits per heavy atom. The lowest BCUT2D eigenvalue weighted by atomic mass is 10.1. The van der Waals surface area contributed by atoms with E-state index in [2.05, 4.69) is 17.6 Å². The van der Waals surface area contributed by atoms with Gasteiger partial charge in [-0.25, -0.2) is 9.79 Å². The topological polar surface area (TPSA) is 43.6 Å². The first-order valence-corrected chi connectivity index (χ1v) is 8.97. The monoisotopic (exact) mass is 348 g/mol. The maximum atomic E-state index is 12.7. The van der Waals surface area contributed by atoms with Gasteiger partial charge in [0, 0.05) is 17.6 Å². The number of fused-ring (bicyclic) bond motifs is 1. The molecule has 0 spiro atoms. The van der Waals surface area contributed by atoms with Gasteiger partial charge in [0.15, 0.2) is 0 Å². The van der Waals surface area contributed by atoms with E-state index >= 15 is 0 Å². The first-order valence-electron chi connectivity index (χ1n) is 8.97. The van der Waals surface area contributed by atoms with Gasteiger partial charge < -0.3 is 9.30 Å². The van der Waals surface area contributed by atoms with E-state index < -0.39 is 0 Å². The minimum atomic E-state index is -0.330. The zero-order valence-corrected chi connectivity index (χ0v) is 15.7. The molecule has 134 valence electrons. The molecule has 1 aromatic heterocycles. The molecular formula is C22H24N2O2. The lowest BCUT2D eigenvalue weighted by Gasteiger charge is -2.17. The number of carbonyl (C=O) groups is 1. The maximum Gasteiger partial charge on any atom is 0.342 e. The smallest absolute Gasteiger partial charge is 0.342 e. The minimum absolute atomic E-state index is 0.330. The van der Waals surface area contributed by atoms with Crippen LogP contribution in [0.5, 0.6) is 0 Å². The quantitative estimate of drug-likeness (QED) is 0.642. The van der Waals surface area contributed by atoms with Crippen LogP contribution in [0.1, 0.15) is 35.5 Å². The first-order chi connectivity index (χ1) is 12.6. The van der Waals surface area contributed by atoms with Crippen molar-refractivity contribution in [2.45, 2.75) is 34.2 Å². The number of benzene rings is 2. The SMILES string of the molecule is CCOC(=O)c1c(C)n(CC)c2ccccc2c1=Nc1ccc(C)cc1. The van der Waals surface area contributed by atoms with Crippen LogP contribution in [-0.2, 0) is 11.3 Å². The number of para-hydroxylation sites is 1. The van der Waals surface area contributed by atoms with E-state index in [1.165, 1.54) is 5.56 Å². The molecule has 0 unspecified atom stereocenters. The fraction of sp³-hybridized carbons (Fsp3) is 0.273. The molecule has 0 bridgehead atoms. The Hall–Kier alpha value is -2.88. The molecule has 2 aromatic carbocycles.